The van der Waals surface area contributed by atoms with Crippen LogP contribution in [0, 0.1) is 0 Å². The lowest BCUT2D eigenvalue weighted by molar-refractivity contribution is -0.116. The van der Waals surface area contributed by atoms with Gasteiger partial charge in [-0.25, -0.2) is 4.98 Å². The second-order valence-electron chi connectivity index (χ2n) is 5.94. The smallest absolute Gasteiger partial charge is 0.225 e. The summed E-state index contributed by atoms with van der Waals surface area (Å²) in [5.41, 5.74) is 0.555. The van der Waals surface area contributed by atoms with E-state index in [0.717, 1.165) is 38.5 Å². The Kier molecular flexibility index (Phi) is 6.13. The Bertz CT molecular complexity index is 718. The van der Waals surface area contributed by atoms with Crippen LogP contribution in [0.1, 0.15) is 6.42 Å². The van der Waals surface area contributed by atoms with Crippen molar-refractivity contribution in [3.63, 3.8) is 0 Å². The molecular weight excluding hydrogens is 359 g/mol. The van der Waals surface area contributed by atoms with Crippen molar-refractivity contribution >= 4 is 40.6 Å². The van der Waals surface area contributed by atoms with Crippen LogP contribution in [0.15, 0.2) is 42.6 Å². The standard InChI is InChI=1S/C18H20Cl2N4O/c19-14-4-5-15(20)16(13-14)22-18(25)6-8-23-9-11-24(12-10-23)17-3-1-2-7-21-17/h1-5,7,13H,6,8-12H2,(H,22,25). The van der Waals surface area contributed by atoms with Crippen molar-refractivity contribution in [2.24, 2.45) is 0 Å². The van der Waals surface area contributed by atoms with E-state index in [1.54, 1.807) is 18.2 Å². The Morgan fingerprint density at radius 2 is 1.92 bits per heavy atom. The first-order valence-electron chi connectivity index (χ1n) is 8.25. The number of aromatic nitrogens is 1. The molecule has 2 aromatic rings. The predicted molar refractivity (Wildman–Crippen MR) is 103 cm³/mol. The second kappa shape index (κ2) is 8.52. The summed E-state index contributed by atoms with van der Waals surface area (Å²) in [5, 5.41) is 3.86. The maximum absolute atomic E-state index is 12.1. The minimum atomic E-state index is -0.0590. The molecule has 3 rings (SSSR count). The Morgan fingerprint density at radius 3 is 2.64 bits per heavy atom. The van der Waals surface area contributed by atoms with E-state index >= 15 is 0 Å². The van der Waals surface area contributed by atoms with E-state index in [-0.39, 0.29) is 5.91 Å². The average molecular weight is 379 g/mol. The summed E-state index contributed by atoms with van der Waals surface area (Å²) in [4.78, 5) is 21.1. The molecule has 0 atom stereocenters. The van der Waals surface area contributed by atoms with Gasteiger partial charge >= 0.3 is 0 Å². The predicted octanol–water partition coefficient (Wildman–Crippen LogP) is 3.54. The van der Waals surface area contributed by atoms with Gasteiger partial charge in [0.1, 0.15) is 5.82 Å². The lowest BCUT2D eigenvalue weighted by Crippen LogP contribution is -2.47. The summed E-state index contributed by atoms with van der Waals surface area (Å²) in [6.07, 6.45) is 2.24. The largest absolute Gasteiger partial charge is 0.354 e. The van der Waals surface area contributed by atoms with E-state index in [4.69, 9.17) is 23.2 Å². The first kappa shape index (κ1) is 18.0. The molecule has 1 N–H and O–H groups in total. The van der Waals surface area contributed by atoms with Crippen LogP contribution in [0.5, 0.6) is 0 Å². The quantitative estimate of drug-likeness (QED) is 0.864. The van der Waals surface area contributed by atoms with Crippen LogP contribution in [0.4, 0.5) is 11.5 Å². The molecule has 2 heterocycles. The zero-order valence-corrected chi connectivity index (χ0v) is 15.3. The average Bonchev–Trinajstić information content (AvgIpc) is 2.64. The lowest BCUT2D eigenvalue weighted by Gasteiger charge is -2.35. The van der Waals surface area contributed by atoms with Gasteiger partial charge in [0.25, 0.3) is 0 Å². The number of nitrogens with one attached hydrogen (secondary N) is 1. The lowest BCUT2D eigenvalue weighted by atomic mass is 10.2. The summed E-state index contributed by atoms with van der Waals surface area (Å²) in [5.74, 6) is 0.951. The molecule has 0 radical (unpaired) electrons. The third-order valence-electron chi connectivity index (χ3n) is 4.20. The molecule has 1 aliphatic heterocycles. The van der Waals surface area contributed by atoms with Crippen LogP contribution in [-0.2, 0) is 4.79 Å². The Hall–Kier alpha value is -1.82. The van der Waals surface area contributed by atoms with Gasteiger partial charge in [-0.2, -0.15) is 0 Å². The normalized spacial score (nSPS) is 15.2. The molecule has 0 bridgehead atoms. The molecule has 132 valence electrons. The highest BCUT2D eigenvalue weighted by molar-refractivity contribution is 6.35. The number of rotatable bonds is 5. The Balaban J connectivity index is 1.44. The van der Waals surface area contributed by atoms with E-state index in [1.807, 2.05) is 24.4 Å². The fourth-order valence-electron chi connectivity index (χ4n) is 2.81. The summed E-state index contributed by atoms with van der Waals surface area (Å²) >= 11 is 12.0. The van der Waals surface area contributed by atoms with Gasteiger partial charge in [0.2, 0.25) is 5.91 Å². The number of hydrogen-bond acceptors (Lipinski definition) is 4. The zero-order chi connectivity index (χ0) is 17.6. The maximum atomic E-state index is 12.1. The van der Waals surface area contributed by atoms with Gasteiger partial charge in [-0.05, 0) is 30.3 Å². The molecule has 5 nitrogen and oxygen atoms in total. The molecule has 1 aromatic carbocycles. The Morgan fingerprint density at radius 1 is 1.12 bits per heavy atom. The van der Waals surface area contributed by atoms with Crippen molar-refractivity contribution in [3.8, 4) is 0 Å². The highest BCUT2D eigenvalue weighted by atomic mass is 35.5. The van der Waals surface area contributed by atoms with E-state index in [9.17, 15) is 4.79 Å². The molecule has 1 amide bonds. The van der Waals surface area contributed by atoms with Crippen molar-refractivity contribution in [1.82, 2.24) is 9.88 Å². The highest BCUT2D eigenvalue weighted by Gasteiger charge is 2.18. The second-order valence-corrected chi connectivity index (χ2v) is 6.78. The fourth-order valence-corrected chi connectivity index (χ4v) is 3.14. The van der Waals surface area contributed by atoms with Crippen LogP contribution in [-0.4, -0.2) is 48.5 Å². The SMILES string of the molecule is O=C(CCN1CCN(c2ccccn2)CC1)Nc1cc(Cl)ccc1Cl. The number of anilines is 2. The number of carbonyl (C=O) groups excluding carboxylic acids is 1. The third kappa shape index (κ3) is 5.08. The van der Waals surface area contributed by atoms with E-state index in [0.29, 0.717) is 22.2 Å². The molecule has 7 heteroatoms. The van der Waals surface area contributed by atoms with Crippen LogP contribution < -0.4 is 10.2 Å². The van der Waals surface area contributed by atoms with Crippen molar-refractivity contribution < 1.29 is 4.79 Å². The molecule has 0 unspecified atom stereocenters. The van der Waals surface area contributed by atoms with Gasteiger partial charge in [-0.1, -0.05) is 29.3 Å². The summed E-state index contributed by atoms with van der Waals surface area (Å²) in [6, 6.07) is 11.0. The number of amides is 1. The molecule has 1 fully saturated rings. The highest BCUT2D eigenvalue weighted by Crippen LogP contribution is 2.25. The van der Waals surface area contributed by atoms with E-state index < -0.39 is 0 Å². The number of hydrogen-bond donors (Lipinski definition) is 1. The van der Waals surface area contributed by atoms with Crippen molar-refractivity contribution in [1.29, 1.82) is 0 Å². The van der Waals surface area contributed by atoms with Crippen LogP contribution in [0.2, 0.25) is 10.0 Å². The minimum absolute atomic E-state index is 0.0590. The van der Waals surface area contributed by atoms with Crippen LogP contribution >= 0.6 is 23.2 Å². The van der Waals surface area contributed by atoms with Crippen molar-refractivity contribution in [3.05, 3.63) is 52.6 Å². The van der Waals surface area contributed by atoms with Crippen LogP contribution in [0.25, 0.3) is 0 Å². The van der Waals surface area contributed by atoms with Crippen LogP contribution in [0.3, 0.4) is 0 Å². The Labute approximate surface area is 157 Å². The molecular formula is C18H20Cl2N4O. The number of benzene rings is 1. The van der Waals surface area contributed by atoms with E-state index in [2.05, 4.69) is 20.1 Å². The maximum Gasteiger partial charge on any atom is 0.225 e. The summed E-state index contributed by atoms with van der Waals surface area (Å²) in [6.45, 7) is 4.39. The molecule has 0 saturated carbocycles. The number of nitrogens with zero attached hydrogens (tertiary/aromatic N) is 3. The van der Waals surface area contributed by atoms with Gasteiger partial charge in [-0.3, -0.25) is 9.69 Å². The fraction of sp³-hybridized carbons (Fsp3) is 0.333. The summed E-state index contributed by atoms with van der Waals surface area (Å²) in [7, 11) is 0. The van der Waals surface area contributed by atoms with Crippen molar-refractivity contribution in [2.45, 2.75) is 6.42 Å². The van der Waals surface area contributed by atoms with Crippen molar-refractivity contribution in [2.75, 3.05) is 42.9 Å². The van der Waals surface area contributed by atoms with E-state index in [1.165, 1.54) is 0 Å². The molecule has 0 spiro atoms. The van der Waals surface area contributed by atoms with Gasteiger partial charge in [0, 0.05) is 50.4 Å². The number of piperazine rings is 1. The van der Waals surface area contributed by atoms with Gasteiger partial charge in [0.05, 0.1) is 10.7 Å². The zero-order valence-electron chi connectivity index (χ0n) is 13.8. The number of pyridine rings is 1. The number of carbonyl (C=O) groups is 1. The molecule has 25 heavy (non-hydrogen) atoms. The molecule has 1 saturated heterocycles. The summed E-state index contributed by atoms with van der Waals surface area (Å²) < 4.78 is 0. The number of halogens is 2. The first-order chi connectivity index (χ1) is 12.1. The minimum Gasteiger partial charge on any atom is -0.354 e. The molecule has 1 aliphatic rings. The molecule has 1 aromatic heterocycles. The van der Waals surface area contributed by atoms with Gasteiger partial charge in [-0.15, -0.1) is 0 Å². The van der Waals surface area contributed by atoms with Gasteiger partial charge < -0.3 is 10.2 Å². The van der Waals surface area contributed by atoms with Gasteiger partial charge in [0.15, 0.2) is 0 Å². The monoisotopic (exact) mass is 378 g/mol. The topological polar surface area (TPSA) is 48.5 Å². The molecule has 0 aliphatic carbocycles. The third-order valence-corrected chi connectivity index (χ3v) is 4.77. The first-order valence-corrected chi connectivity index (χ1v) is 9.00.